The third-order valence-electron chi connectivity index (χ3n) is 5.73. The van der Waals surface area contributed by atoms with E-state index in [0.29, 0.717) is 5.56 Å². The summed E-state index contributed by atoms with van der Waals surface area (Å²) in [6.45, 7) is -0.405. The van der Waals surface area contributed by atoms with Gasteiger partial charge in [-0.15, -0.1) is 37.9 Å². The Kier molecular flexibility index (Phi) is 9.78. The number of alkyl halides is 7. The molecule has 0 unspecified atom stereocenters. The standard InChI is InChI=1S/C26H24ClF6NO4S/c27-13-6-14-39(35,36)34-18-24(17-19-7-2-1-3-8-19,20-9-4-11-22(15-20)37-25(28,29)30)21-10-5-12-23(16-21)38-26(31,32)33/h1-5,7-12,15-16,34H,6,13-14,17-18H2. The number of hydrogen-bond donors (Lipinski definition) is 1. The van der Waals surface area contributed by atoms with Gasteiger partial charge in [0.15, 0.2) is 0 Å². The quantitative estimate of drug-likeness (QED) is 0.190. The average Bonchev–Trinajstić information content (AvgIpc) is 2.84. The predicted molar refractivity (Wildman–Crippen MR) is 134 cm³/mol. The monoisotopic (exact) mass is 595 g/mol. The van der Waals surface area contributed by atoms with Gasteiger partial charge in [-0.25, -0.2) is 13.1 Å². The highest BCUT2D eigenvalue weighted by Crippen LogP contribution is 2.40. The lowest BCUT2D eigenvalue weighted by Gasteiger charge is -2.36. The number of halogens is 7. The van der Waals surface area contributed by atoms with Crippen molar-refractivity contribution < 1.29 is 44.2 Å². The molecule has 13 heteroatoms. The van der Waals surface area contributed by atoms with Crippen LogP contribution in [0.3, 0.4) is 0 Å². The summed E-state index contributed by atoms with van der Waals surface area (Å²) in [4.78, 5) is 0. The van der Waals surface area contributed by atoms with Crippen LogP contribution in [0, 0.1) is 0 Å². The maximum Gasteiger partial charge on any atom is 0.573 e. The number of rotatable bonds is 12. The third-order valence-corrected chi connectivity index (χ3v) is 7.41. The van der Waals surface area contributed by atoms with E-state index >= 15 is 0 Å². The van der Waals surface area contributed by atoms with Gasteiger partial charge in [0.25, 0.3) is 0 Å². The Morgan fingerprint density at radius 2 is 1.26 bits per heavy atom. The number of benzene rings is 3. The summed E-state index contributed by atoms with van der Waals surface area (Å²) in [5.41, 5.74) is -0.526. The first-order valence-electron chi connectivity index (χ1n) is 11.5. The largest absolute Gasteiger partial charge is 0.573 e. The Morgan fingerprint density at radius 1 is 0.744 bits per heavy atom. The first kappa shape index (κ1) is 30.6. The van der Waals surface area contributed by atoms with E-state index in [-0.39, 0.29) is 35.6 Å². The molecule has 0 aliphatic carbocycles. The van der Waals surface area contributed by atoms with Crippen LogP contribution in [0.2, 0.25) is 0 Å². The molecule has 0 fully saturated rings. The minimum absolute atomic E-state index is 0.00317. The third kappa shape index (κ3) is 9.33. The fourth-order valence-corrected chi connectivity index (χ4v) is 5.54. The van der Waals surface area contributed by atoms with Gasteiger partial charge < -0.3 is 9.47 Å². The Morgan fingerprint density at radius 3 is 1.72 bits per heavy atom. The predicted octanol–water partition coefficient (Wildman–Crippen LogP) is 6.56. The molecular weight excluding hydrogens is 572 g/mol. The lowest BCUT2D eigenvalue weighted by atomic mass is 9.70. The van der Waals surface area contributed by atoms with E-state index in [4.69, 9.17) is 11.6 Å². The van der Waals surface area contributed by atoms with Gasteiger partial charge in [0, 0.05) is 17.8 Å². The zero-order valence-electron chi connectivity index (χ0n) is 20.2. The summed E-state index contributed by atoms with van der Waals surface area (Å²) < 4.78 is 114. The smallest absolute Gasteiger partial charge is 0.406 e. The van der Waals surface area contributed by atoms with Crippen molar-refractivity contribution in [2.45, 2.75) is 31.0 Å². The van der Waals surface area contributed by atoms with E-state index in [1.54, 1.807) is 30.3 Å². The van der Waals surface area contributed by atoms with Crippen molar-refractivity contribution in [3.8, 4) is 11.5 Å². The number of sulfonamides is 1. The summed E-state index contributed by atoms with van der Waals surface area (Å²) in [5, 5.41) is 0. The van der Waals surface area contributed by atoms with Crippen LogP contribution in [0.1, 0.15) is 23.1 Å². The van der Waals surface area contributed by atoms with Crippen molar-refractivity contribution in [2.75, 3.05) is 18.2 Å². The van der Waals surface area contributed by atoms with Crippen LogP contribution in [0.15, 0.2) is 78.9 Å². The fourth-order valence-electron chi connectivity index (χ4n) is 4.11. The Labute approximate surface area is 226 Å². The van der Waals surface area contributed by atoms with Gasteiger partial charge in [0.2, 0.25) is 10.0 Å². The van der Waals surface area contributed by atoms with Crippen LogP contribution < -0.4 is 14.2 Å². The van der Waals surface area contributed by atoms with Gasteiger partial charge in [0.05, 0.1) is 5.75 Å². The lowest BCUT2D eigenvalue weighted by Crippen LogP contribution is -2.44. The van der Waals surface area contributed by atoms with Gasteiger partial charge >= 0.3 is 12.7 Å². The van der Waals surface area contributed by atoms with E-state index in [0.717, 1.165) is 24.3 Å². The van der Waals surface area contributed by atoms with Gasteiger partial charge in [-0.2, -0.15) is 0 Å². The van der Waals surface area contributed by atoms with Crippen molar-refractivity contribution in [1.29, 1.82) is 0 Å². The van der Waals surface area contributed by atoms with E-state index < -0.39 is 46.2 Å². The molecule has 0 aliphatic heterocycles. The molecule has 0 atom stereocenters. The zero-order chi connectivity index (χ0) is 28.7. The van der Waals surface area contributed by atoms with Crippen molar-refractivity contribution in [2.24, 2.45) is 0 Å². The highest BCUT2D eigenvalue weighted by molar-refractivity contribution is 7.89. The molecule has 0 spiro atoms. The van der Waals surface area contributed by atoms with Crippen LogP contribution in [0.25, 0.3) is 0 Å². The summed E-state index contributed by atoms with van der Waals surface area (Å²) in [5.74, 6) is -1.41. The molecule has 1 N–H and O–H groups in total. The second-order valence-electron chi connectivity index (χ2n) is 8.58. The highest BCUT2D eigenvalue weighted by atomic mass is 35.5. The minimum Gasteiger partial charge on any atom is -0.406 e. The van der Waals surface area contributed by atoms with Gasteiger partial charge in [0.1, 0.15) is 11.5 Å². The van der Waals surface area contributed by atoms with Crippen molar-refractivity contribution in [3.63, 3.8) is 0 Å². The summed E-state index contributed by atoms with van der Waals surface area (Å²) in [6, 6.07) is 18.4. The van der Waals surface area contributed by atoms with Gasteiger partial charge in [-0.3, -0.25) is 0 Å². The lowest BCUT2D eigenvalue weighted by molar-refractivity contribution is -0.275. The summed E-state index contributed by atoms with van der Waals surface area (Å²) >= 11 is 5.63. The fraction of sp³-hybridized carbons (Fsp3) is 0.308. The van der Waals surface area contributed by atoms with Crippen molar-refractivity contribution in [3.05, 3.63) is 95.6 Å². The minimum atomic E-state index is -5.01. The Bertz CT molecular complexity index is 1270. The van der Waals surface area contributed by atoms with Gasteiger partial charge in [-0.1, -0.05) is 54.6 Å². The van der Waals surface area contributed by atoms with Gasteiger partial charge in [-0.05, 0) is 53.8 Å². The molecule has 0 saturated heterocycles. The first-order chi connectivity index (χ1) is 18.2. The molecule has 0 saturated carbocycles. The van der Waals surface area contributed by atoms with Crippen molar-refractivity contribution in [1.82, 2.24) is 4.72 Å². The summed E-state index contributed by atoms with van der Waals surface area (Å²) in [7, 11) is -3.92. The molecule has 3 rings (SSSR count). The SMILES string of the molecule is O=S(=O)(CCCCl)NCC(Cc1ccccc1)(c1cccc(OC(F)(F)F)c1)c1cccc(OC(F)(F)F)c1. The average molecular weight is 596 g/mol. The normalized spacial score (nSPS) is 12.8. The van der Waals surface area contributed by atoms with Crippen LogP contribution in [-0.2, 0) is 21.9 Å². The molecule has 0 amide bonds. The zero-order valence-corrected chi connectivity index (χ0v) is 21.8. The maximum absolute atomic E-state index is 13.0. The second kappa shape index (κ2) is 12.5. The Hall–Kier alpha value is -2.96. The van der Waals surface area contributed by atoms with E-state index in [9.17, 15) is 34.8 Å². The summed E-state index contributed by atoms with van der Waals surface area (Å²) in [6.07, 6.45) is -9.89. The molecule has 0 aliphatic rings. The van der Waals surface area contributed by atoms with E-state index in [1.165, 1.54) is 24.3 Å². The molecule has 39 heavy (non-hydrogen) atoms. The number of ether oxygens (including phenoxy) is 2. The highest BCUT2D eigenvalue weighted by Gasteiger charge is 2.39. The van der Waals surface area contributed by atoms with Crippen molar-refractivity contribution >= 4 is 21.6 Å². The molecular formula is C26H24ClF6NO4S. The topological polar surface area (TPSA) is 64.6 Å². The Balaban J connectivity index is 2.23. The molecule has 3 aromatic rings. The number of hydrogen-bond acceptors (Lipinski definition) is 4. The maximum atomic E-state index is 13.0. The first-order valence-corrected chi connectivity index (χ1v) is 13.7. The molecule has 5 nitrogen and oxygen atoms in total. The van der Waals surface area contributed by atoms with Crippen LogP contribution in [0.4, 0.5) is 26.3 Å². The number of nitrogens with one attached hydrogen (secondary N) is 1. The molecule has 0 heterocycles. The molecule has 0 radical (unpaired) electrons. The van der Waals surface area contributed by atoms with E-state index in [2.05, 4.69) is 14.2 Å². The van der Waals surface area contributed by atoms with E-state index in [1.807, 2.05) is 0 Å². The van der Waals surface area contributed by atoms with Crippen LogP contribution in [-0.4, -0.2) is 39.3 Å². The molecule has 0 bridgehead atoms. The molecule has 3 aromatic carbocycles. The van der Waals surface area contributed by atoms with Crippen LogP contribution >= 0.6 is 11.6 Å². The second-order valence-corrected chi connectivity index (χ2v) is 10.9. The molecule has 0 aromatic heterocycles. The molecule has 212 valence electrons. The van der Waals surface area contributed by atoms with Crippen LogP contribution in [0.5, 0.6) is 11.5 Å².